The number of carboxylic acids is 1. The molecule has 208 valence electrons. The summed E-state index contributed by atoms with van der Waals surface area (Å²) in [6, 6.07) is 4.58. The minimum atomic E-state index is -1.20. The third-order valence-corrected chi connectivity index (χ3v) is 8.50. The highest BCUT2D eigenvalue weighted by molar-refractivity contribution is 8.00. The van der Waals surface area contributed by atoms with Crippen molar-refractivity contribution in [2.75, 3.05) is 24.6 Å². The van der Waals surface area contributed by atoms with Crippen LogP contribution < -0.4 is 21.4 Å². The highest BCUT2D eigenvalue weighted by Gasteiger charge is 2.54. The quantitative estimate of drug-likeness (QED) is 0.0876. The Morgan fingerprint density at radius 1 is 1.26 bits per heavy atom. The SMILES string of the molecule is NCCCCCCO/N=C(\C(=O)N[C@@H]1C(=O)N2C(C(=O)O)=C(C[n+]3ccccc3)CS[C@H]12)c1nc(N)sc1Cl. The van der Waals surface area contributed by atoms with Gasteiger partial charge >= 0.3 is 5.97 Å². The third kappa shape index (κ3) is 6.69. The number of carbonyl (C=O) groups is 3. The van der Waals surface area contributed by atoms with Crippen molar-refractivity contribution < 1.29 is 28.9 Å². The van der Waals surface area contributed by atoms with Crippen molar-refractivity contribution in [3.05, 3.63) is 51.9 Å². The minimum Gasteiger partial charge on any atom is -0.477 e. The predicted octanol–water partition coefficient (Wildman–Crippen LogP) is 1.34. The summed E-state index contributed by atoms with van der Waals surface area (Å²) in [5.74, 6) is -2.07. The summed E-state index contributed by atoms with van der Waals surface area (Å²) in [7, 11) is 0. The fourth-order valence-corrected chi connectivity index (χ4v) is 6.47. The number of amides is 2. The topological polar surface area (TPSA) is 177 Å². The number of fused-ring (bicyclic) bond motifs is 1. The molecule has 0 radical (unpaired) electrons. The Morgan fingerprint density at radius 2 is 2.00 bits per heavy atom. The Balaban J connectivity index is 1.47. The van der Waals surface area contributed by atoms with Gasteiger partial charge in [-0.25, -0.2) is 14.3 Å². The molecule has 2 amide bonds. The maximum atomic E-state index is 13.3. The standard InChI is InChI=1S/C24H28ClN7O5S2/c25-19-15(29-24(27)39-19)16(30-37-11-7-2-1-4-8-26)20(33)28-17-21(34)32-18(23(35)36)14(13-38-22(17)32)12-31-9-5-3-6-10-31/h3,5-6,9-10,17,22H,1-2,4,7-8,11-13,26H2,(H3-,27,28,29,33,35,36)/p+1/b30-16-/t17-,22-/m1/s1. The zero-order chi connectivity index (χ0) is 27.9. The van der Waals surface area contributed by atoms with Crippen LogP contribution in [-0.2, 0) is 25.8 Å². The van der Waals surface area contributed by atoms with Crippen molar-refractivity contribution in [2.45, 2.75) is 43.6 Å². The number of nitrogens with zero attached hydrogens (tertiary/aromatic N) is 4. The van der Waals surface area contributed by atoms with Crippen molar-refractivity contribution in [3.8, 4) is 0 Å². The number of thiazole rings is 1. The van der Waals surface area contributed by atoms with E-state index in [2.05, 4.69) is 15.5 Å². The minimum absolute atomic E-state index is 0.0491. The van der Waals surface area contributed by atoms with Crippen molar-refractivity contribution in [1.29, 1.82) is 0 Å². The Hall–Kier alpha value is -3.20. The predicted molar refractivity (Wildman–Crippen MR) is 148 cm³/mol. The van der Waals surface area contributed by atoms with Gasteiger partial charge in [0.1, 0.15) is 33.7 Å². The molecule has 2 aliphatic heterocycles. The van der Waals surface area contributed by atoms with Crippen LogP contribution in [0.2, 0.25) is 4.34 Å². The average Bonchev–Trinajstić information content (AvgIpc) is 3.25. The van der Waals surface area contributed by atoms with Crippen LogP contribution in [0.4, 0.5) is 5.13 Å². The number of rotatable bonds is 13. The molecule has 4 rings (SSSR count). The van der Waals surface area contributed by atoms with E-state index in [0.29, 0.717) is 30.8 Å². The van der Waals surface area contributed by atoms with E-state index in [9.17, 15) is 19.5 Å². The number of unbranched alkanes of at least 4 members (excludes halogenated alkanes) is 3. The smallest absolute Gasteiger partial charge is 0.352 e. The molecule has 0 bridgehead atoms. The average molecular weight is 595 g/mol. The van der Waals surface area contributed by atoms with Crippen LogP contribution in [-0.4, -0.2) is 68.8 Å². The normalized spacial score (nSPS) is 19.0. The molecule has 2 aromatic rings. The summed E-state index contributed by atoms with van der Waals surface area (Å²) in [5, 5.41) is 16.1. The second-order valence-electron chi connectivity index (χ2n) is 8.82. The van der Waals surface area contributed by atoms with Gasteiger partial charge in [0.05, 0.1) is 0 Å². The van der Waals surface area contributed by atoms with E-state index in [4.69, 9.17) is 27.9 Å². The molecule has 39 heavy (non-hydrogen) atoms. The van der Waals surface area contributed by atoms with Gasteiger partial charge in [-0.1, -0.05) is 40.6 Å². The van der Waals surface area contributed by atoms with E-state index in [1.807, 2.05) is 35.2 Å². The molecule has 6 N–H and O–H groups in total. The van der Waals surface area contributed by atoms with Crippen LogP contribution in [0.1, 0.15) is 31.4 Å². The number of nitrogens with two attached hydrogens (primary N) is 2. The largest absolute Gasteiger partial charge is 0.477 e. The molecule has 0 aromatic carbocycles. The molecule has 12 nitrogen and oxygen atoms in total. The van der Waals surface area contributed by atoms with Gasteiger partial charge in [-0.2, -0.15) is 0 Å². The summed E-state index contributed by atoms with van der Waals surface area (Å²) in [4.78, 5) is 49.2. The molecule has 0 aliphatic carbocycles. The van der Waals surface area contributed by atoms with Crippen molar-refractivity contribution >= 4 is 63.3 Å². The van der Waals surface area contributed by atoms with E-state index >= 15 is 0 Å². The number of aliphatic carboxylic acids is 1. The molecule has 0 saturated carbocycles. The molecule has 1 fully saturated rings. The number of pyridine rings is 1. The van der Waals surface area contributed by atoms with Crippen LogP contribution in [0, 0.1) is 0 Å². The number of hydrogen-bond donors (Lipinski definition) is 4. The van der Waals surface area contributed by atoms with Crippen LogP contribution in [0.25, 0.3) is 0 Å². The van der Waals surface area contributed by atoms with Gasteiger partial charge in [-0.3, -0.25) is 14.5 Å². The first kappa shape index (κ1) is 28.8. The molecular weight excluding hydrogens is 566 g/mol. The van der Waals surface area contributed by atoms with Gasteiger partial charge in [-0.15, -0.1) is 11.8 Å². The Bertz CT molecular complexity index is 1290. The van der Waals surface area contributed by atoms with Crippen molar-refractivity contribution in [2.24, 2.45) is 10.9 Å². The molecule has 0 unspecified atom stereocenters. The number of halogens is 1. The molecule has 15 heteroatoms. The van der Waals surface area contributed by atoms with Gasteiger partial charge in [0, 0.05) is 23.5 Å². The summed E-state index contributed by atoms with van der Waals surface area (Å²) < 4.78 is 1.99. The fourth-order valence-electron chi connectivity index (χ4n) is 4.20. The van der Waals surface area contributed by atoms with Gasteiger partial charge < -0.3 is 26.7 Å². The van der Waals surface area contributed by atoms with Crippen LogP contribution in [0.15, 0.2) is 47.0 Å². The fraction of sp³-hybridized carbons (Fsp3) is 0.417. The molecule has 0 spiro atoms. The number of hydrogen-bond acceptors (Lipinski definition) is 10. The molecule has 2 atom stereocenters. The Morgan fingerprint density at radius 3 is 2.67 bits per heavy atom. The number of nitrogens with one attached hydrogen (secondary N) is 1. The van der Waals surface area contributed by atoms with Crippen LogP contribution >= 0.6 is 34.7 Å². The van der Waals surface area contributed by atoms with Gasteiger partial charge in [0.25, 0.3) is 11.8 Å². The first-order valence-corrected chi connectivity index (χ1v) is 14.5. The van der Waals surface area contributed by atoms with E-state index < -0.39 is 29.2 Å². The first-order valence-electron chi connectivity index (χ1n) is 12.3. The third-order valence-electron chi connectivity index (χ3n) is 6.07. The summed E-state index contributed by atoms with van der Waals surface area (Å²) >= 11 is 8.59. The lowest BCUT2D eigenvalue weighted by Crippen LogP contribution is -2.71. The van der Waals surface area contributed by atoms with Gasteiger partial charge in [0.2, 0.25) is 0 Å². The maximum absolute atomic E-state index is 13.3. The maximum Gasteiger partial charge on any atom is 0.352 e. The number of carbonyl (C=O) groups excluding carboxylic acids is 2. The Kier molecular flexibility index (Phi) is 9.78. The van der Waals surface area contributed by atoms with Crippen molar-refractivity contribution in [1.82, 2.24) is 15.2 Å². The first-order chi connectivity index (χ1) is 18.8. The van der Waals surface area contributed by atoms with Crippen molar-refractivity contribution in [3.63, 3.8) is 0 Å². The molecule has 1 saturated heterocycles. The number of carboxylic acid groups (broad SMARTS) is 1. The zero-order valence-electron chi connectivity index (χ0n) is 20.9. The summed E-state index contributed by atoms with van der Waals surface area (Å²) in [6.07, 6.45) is 7.14. The Labute approximate surface area is 238 Å². The highest BCUT2D eigenvalue weighted by Crippen LogP contribution is 2.40. The van der Waals surface area contributed by atoms with Crippen LogP contribution in [0.5, 0.6) is 0 Å². The molecular formula is C24H29ClN7O5S2+. The lowest BCUT2D eigenvalue weighted by Gasteiger charge is -2.49. The lowest BCUT2D eigenvalue weighted by molar-refractivity contribution is -0.689. The summed E-state index contributed by atoms with van der Waals surface area (Å²) in [6.45, 7) is 1.22. The van der Waals surface area contributed by atoms with Gasteiger partial charge in [-0.05, 0) is 25.8 Å². The second kappa shape index (κ2) is 13.2. The number of thioether (sulfide) groups is 1. The van der Waals surface area contributed by atoms with E-state index in [1.54, 1.807) is 0 Å². The lowest BCUT2D eigenvalue weighted by atomic mass is 10.0. The zero-order valence-corrected chi connectivity index (χ0v) is 23.3. The monoisotopic (exact) mass is 594 g/mol. The number of β-lactam (4-membered cyclic amide) rings is 1. The van der Waals surface area contributed by atoms with Crippen LogP contribution in [0.3, 0.4) is 0 Å². The van der Waals surface area contributed by atoms with Gasteiger partial charge in [0.15, 0.2) is 29.8 Å². The van der Waals surface area contributed by atoms with E-state index in [-0.39, 0.29) is 33.2 Å². The molecule has 2 aromatic heterocycles. The number of anilines is 1. The molecule has 2 aliphatic rings. The summed E-state index contributed by atoms with van der Waals surface area (Å²) in [5.41, 5.74) is 11.6. The van der Waals surface area contributed by atoms with E-state index in [1.165, 1.54) is 16.7 Å². The second-order valence-corrected chi connectivity index (χ2v) is 11.6. The highest BCUT2D eigenvalue weighted by atomic mass is 35.5. The number of nitrogen functional groups attached to an aromatic ring is 1. The molecule has 4 heterocycles. The number of oxime groups is 1. The number of aromatic nitrogens is 2. The van der Waals surface area contributed by atoms with E-state index in [0.717, 1.165) is 30.6 Å².